The van der Waals surface area contributed by atoms with Gasteiger partial charge in [0.15, 0.2) is 5.54 Å². The summed E-state index contributed by atoms with van der Waals surface area (Å²) in [7, 11) is 0. The van der Waals surface area contributed by atoms with Gasteiger partial charge in [0.2, 0.25) is 0 Å². The number of rotatable bonds is 3. The van der Waals surface area contributed by atoms with Crippen LogP contribution >= 0.6 is 0 Å². The lowest BCUT2D eigenvalue weighted by Crippen LogP contribution is -2.64. The van der Waals surface area contributed by atoms with Gasteiger partial charge in [0.25, 0.3) is 0 Å². The molecule has 1 spiro atoms. The van der Waals surface area contributed by atoms with Crippen LogP contribution in [0.5, 0.6) is 0 Å². The average molecular weight is 375 g/mol. The van der Waals surface area contributed by atoms with Gasteiger partial charge in [0, 0.05) is 16.8 Å². The first-order chi connectivity index (χ1) is 12.2. The summed E-state index contributed by atoms with van der Waals surface area (Å²) in [5, 5.41) is 22.9. The Bertz CT molecular complexity index is 762. The van der Waals surface area contributed by atoms with Crippen molar-refractivity contribution in [2.75, 3.05) is 13.1 Å². The molecule has 26 heavy (non-hydrogen) atoms. The number of benzene rings is 1. The quantitative estimate of drug-likeness (QED) is 0.696. The normalized spacial score (nSPS) is 25.5. The number of nitrogens with zero attached hydrogens (tertiary/aromatic N) is 1. The minimum absolute atomic E-state index is 0.519. The van der Waals surface area contributed by atoms with Gasteiger partial charge in [-0.3, -0.25) is 0 Å². The Morgan fingerprint density at radius 2 is 2.04 bits per heavy atom. The Hall–Kier alpha value is -1.59. The van der Waals surface area contributed by atoms with Gasteiger partial charge in [-0.1, -0.05) is 6.07 Å². The van der Waals surface area contributed by atoms with E-state index in [2.05, 4.69) is 16.1 Å². The SMILES string of the molecule is CC(C)(C)[S+]([O-])N[C@@]1(C(=O)O)c2ccc(C#N)cc2CC12CCNCC2. The van der Waals surface area contributed by atoms with Gasteiger partial charge in [-0.15, -0.1) is 4.72 Å². The highest BCUT2D eigenvalue weighted by molar-refractivity contribution is 7.90. The van der Waals surface area contributed by atoms with Gasteiger partial charge in [-0.25, -0.2) is 4.79 Å². The minimum Gasteiger partial charge on any atom is -0.598 e. The van der Waals surface area contributed by atoms with Crippen molar-refractivity contribution >= 4 is 17.3 Å². The predicted molar refractivity (Wildman–Crippen MR) is 99.7 cm³/mol. The molecular formula is C19H25N3O3S. The predicted octanol–water partition coefficient (Wildman–Crippen LogP) is 1.82. The topological polar surface area (TPSA) is 108 Å². The molecule has 1 saturated heterocycles. The molecule has 3 rings (SSSR count). The molecule has 1 aromatic rings. The maximum Gasteiger partial charge on any atom is 0.333 e. The fourth-order valence-electron chi connectivity index (χ4n) is 4.26. The van der Waals surface area contributed by atoms with E-state index in [0.29, 0.717) is 30.4 Å². The zero-order chi connectivity index (χ0) is 19.2. The first-order valence-electron chi connectivity index (χ1n) is 8.84. The Morgan fingerprint density at radius 1 is 1.38 bits per heavy atom. The summed E-state index contributed by atoms with van der Waals surface area (Å²) in [5.41, 5.74) is 0.0408. The highest BCUT2D eigenvalue weighted by Crippen LogP contribution is 2.56. The second-order valence-corrected chi connectivity index (χ2v) is 10.2. The van der Waals surface area contributed by atoms with Crippen LogP contribution in [0.25, 0.3) is 0 Å². The van der Waals surface area contributed by atoms with E-state index in [1.807, 2.05) is 20.8 Å². The number of aliphatic carboxylic acids is 1. The molecule has 7 heteroatoms. The molecule has 2 aliphatic rings. The maximum absolute atomic E-state index is 13.0. The van der Waals surface area contributed by atoms with Crippen LogP contribution in [0.3, 0.4) is 0 Å². The molecule has 1 fully saturated rings. The van der Waals surface area contributed by atoms with E-state index in [9.17, 15) is 19.7 Å². The van der Waals surface area contributed by atoms with Crippen molar-refractivity contribution in [3.63, 3.8) is 0 Å². The second-order valence-electron chi connectivity index (χ2n) is 8.23. The third-order valence-electron chi connectivity index (χ3n) is 5.65. The van der Waals surface area contributed by atoms with Crippen LogP contribution in [0, 0.1) is 16.7 Å². The van der Waals surface area contributed by atoms with Crippen LogP contribution in [0.1, 0.15) is 50.3 Å². The Labute approximate surface area is 157 Å². The van der Waals surface area contributed by atoms with E-state index in [0.717, 1.165) is 18.7 Å². The van der Waals surface area contributed by atoms with Gasteiger partial charge in [0.05, 0.1) is 11.6 Å². The number of nitrogens with one attached hydrogen (secondary N) is 2. The lowest BCUT2D eigenvalue weighted by atomic mass is 9.65. The van der Waals surface area contributed by atoms with Crippen LogP contribution in [-0.4, -0.2) is 33.5 Å². The molecule has 0 saturated carbocycles. The number of fused-ring (bicyclic) bond motifs is 1. The average Bonchev–Trinajstić information content (AvgIpc) is 2.84. The Kier molecular flexibility index (Phi) is 4.82. The van der Waals surface area contributed by atoms with E-state index >= 15 is 0 Å². The summed E-state index contributed by atoms with van der Waals surface area (Å²) in [4.78, 5) is 12.7. The van der Waals surface area contributed by atoms with Gasteiger partial charge >= 0.3 is 5.97 Å². The number of nitriles is 1. The van der Waals surface area contributed by atoms with Crippen LogP contribution in [0.2, 0.25) is 0 Å². The van der Waals surface area contributed by atoms with E-state index in [4.69, 9.17) is 0 Å². The van der Waals surface area contributed by atoms with Crippen molar-refractivity contribution < 1.29 is 14.5 Å². The highest BCUT2D eigenvalue weighted by Gasteiger charge is 2.65. The fourth-order valence-corrected chi connectivity index (χ4v) is 5.25. The molecule has 0 bridgehead atoms. The summed E-state index contributed by atoms with van der Waals surface area (Å²) in [6.45, 7) is 6.93. The zero-order valence-corrected chi connectivity index (χ0v) is 16.2. The monoisotopic (exact) mass is 375 g/mol. The summed E-state index contributed by atoms with van der Waals surface area (Å²) >= 11 is -1.55. The standard InChI is InChI=1S/C19H25N3O3S/c1-17(2,3)26(25)22-19(16(23)24)15-5-4-13(12-20)10-14(15)11-18(19)6-8-21-9-7-18/h4-5,10,21-22H,6-9,11H2,1-3H3,(H,23,24)/t19-,26?/m1/s1. The van der Waals surface area contributed by atoms with E-state index in [1.165, 1.54) is 0 Å². The number of hydrogen-bond donors (Lipinski definition) is 3. The number of hydrogen-bond acceptors (Lipinski definition) is 5. The van der Waals surface area contributed by atoms with Gasteiger partial charge in [-0.2, -0.15) is 5.26 Å². The molecule has 1 aliphatic heterocycles. The van der Waals surface area contributed by atoms with Crippen molar-refractivity contribution in [1.82, 2.24) is 10.0 Å². The molecule has 1 aromatic carbocycles. The minimum atomic E-state index is -1.55. The summed E-state index contributed by atoms with van der Waals surface area (Å²) in [5.74, 6) is -1.000. The molecule has 0 aromatic heterocycles. The van der Waals surface area contributed by atoms with Crippen molar-refractivity contribution in [2.45, 2.75) is 50.3 Å². The van der Waals surface area contributed by atoms with Crippen molar-refractivity contribution in [3.8, 4) is 6.07 Å². The fraction of sp³-hybridized carbons (Fsp3) is 0.579. The number of carboxylic acids is 1. The smallest absolute Gasteiger partial charge is 0.333 e. The first kappa shape index (κ1) is 19.2. The number of piperidine rings is 1. The molecule has 140 valence electrons. The lowest BCUT2D eigenvalue weighted by molar-refractivity contribution is -0.151. The molecule has 6 nitrogen and oxygen atoms in total. The largest absolute Gasteiger partial charge is 0.598 e. The first-order valence-corrected chi connectivity index (χ1v) is 9.99. The molecular weight excluding hydrogens is 350 g/mol. The number of carboxylic acid groups (broad SMARTS) is 1. The molecule has 3 N–H and O–H groups in total. The molecule has 1 unspecified atom stereocenters. The Balaban J connectivity index is 2.20. The van der Waals surface area contributed by atoms with Gasteiger partial charge in [-0.05, 0) is 76.4 Å². The lowest BCUT2D eigenvalue weighted by Gasteiger charge is -2.46. The van der Waals surface area contributed by atoms with Crippen LogP contribution in [0.15, 0.2) is 18.2 Å². The zero-order valence-electron chi connectivity index (χ0n) is 15.4. The van der Waals surface area contributed by atoms with Crippen LogP contribution in [-0.2, 0) is 28.1 Å². The summed E-state index contributed by atoms with van der Waals surface area (Å²) < 4.78 is 15.4. The highest BCUT2D eigenvalue weighted by atomic mass is 32.2. The maximum atomic E-state index is 13.0. The molecule has 2 atom stereocenters. The molecule has 0 amide bonds. The summed E-state index contributed by atoms with van der Waals surface area (Å²) in [6, 6.07) is 7.29. The van der Waals surface area contributed by atoms with Crippen molar-refractivity contribution in [2.24, 2.45) is 5.41 Å². The van der Waals surface area contributed by atoms with E-state index in [-0.39, 0.29) is 0 Å². The van der Waals surface area contributed by atoms with Crippen molar-refractivity contribution in [1.29, 1.82) is 5.26 Å². The third kappa shape index (κ3) is 2.81. The van der Waals surface area contributed by atoms with Crippen molar-refractivity contribution in [3.05, 3.63) is 34.9 Å². The number of carbonyl (C=O) groups is 1. The van der Waals surface area contributed by atoms with Gasteiger partial charge < -0.3 is 15.0 Å². The van der Waals surface area contributed by atoms with E-state index < -0.39 is 33.0 Å². The van der Waals surface area contributed by atoms with Gasteiger partial charge in [0.1, 0.15) is 4.75 Å². The van der Waals surface area contributed by atoms with Crippen LogP contribution in [0.4, 0.5) is 0 Å². The summed E-state index contributed by atoms with van der Waals surface area (Å²) in [6.07, 6.45) is 1.91. The molecule has 0 radical (unpaired) electrons. The molecule has 1 heterocycles. The Morgan fingerprint density at radius 3 is 2.58 bits per heavy atom. The second kappa shape index (κ2) is 6.54. The third-order valence-corrected chi connectivity index (χ3v) is 7.25. The molecule has 1 aliphatic carbocycles. The van der Waals surface area contributed by atoms with E-state index in [1.54, 1.807) is 18.2 Å². The van der Waals surface area contributed by atoms with Crippen LogP contribution < -0.4 is 10.0 Å².